The van der Waals surface area contributed by atoms with Crippen molar-refractivity contribution in [2.45, 2.75) is 50.5 Å². The van der Waals surface area contributed by atoms with Crippen molar-refractivity contribution in [1.82, 2.24) is 20.3 Å². The Balaban J connectivity index is 1.59. The predicted molar refractivity (Wildman–Crippen MR) is 89.2 cm³/mol. The molecule has 2 fully saturated rings. The molecule has 6 heteroatoms. The summed E-state index contributed by atoms with van der Waals surface area (Å²) >= 11 is 0. The Kier molecular flexibility index (Phi) is 3.64. The molecule has 1 heterocycles. The van der Waals surface area contributed by atoms with Crippen molar-refractivity contribution in [3.63, 3.8) is 0 Å². The first kappa shape index (κ1) is 15.3. The van der Waals surface area contributed by atoms with Gasteiger partial charge in [0.2, 0.25) is 0 Å². The van der Waals surface area contributed by atoms with Crippen LogP contribution >= 0.6 is 0 Å². The van der Waals surface area contributed by atoms with Crippen LogP contribution in [0.2, 0.25) is 0 Å². The van der Waals surface area contributed by atoms with Crippen LogP contribution in [0.1, 0.15) is 59.8 Å². The van der Waals surface area contributed by atoms with Crippen molar-refractivity contribution < 1.29 is 9.90 Å². The fourth-order valence-electron chi connectivity index (χ4n) is 3.14. The lowest BCUT2D eigenvalue weighted by Gasteiger charge is -2.36. The van der Waals surface area contributed by atoms with Crippen molar-refractivity contribution in [3.05, 3.63) is 41.2 Å². The average Bonchev–Trinajstić information content (AvgIpc) is 3.30. The van der Waals surface area contributed by atoms with Gasteiger partial charge in [0.1, 0.15) is 0 Å². The number of aryl methyl sites for hydroxylation is 1. The topological polar surface area (TPSA) is 80.0 Å². The van der Waals surface area contributed by atoms with Crippen molar-refractivity contribution in [2.75, 3.05) is 6.54 Å². The fraction of sp³-hybridized carbons (Fsp3) is 0.500. The van der Waals surface area contributed by atoms with Gasteiger partial charge in [-0.05, 0) is 51.2 Å². The summed E-state index contributed by atoms with van der Waals surface area (Å²) in [7, 11) is 0. The molecule has 1 amide bonds. The molecule has 0 atom stereocenters. The summed E-state index contributed by atoms with van der Waals surface area (Å²) in [6.45, 7) is 2.32. The molecule has 0 bridgehead atoms. The van der Waals surface area contributed by atoms with Gasteiger partial charge in [0, 0.05) is 12.5 Å². The van der Waals surface area contributed by atoms with Crippen LogP contribution in [0.4, 0.5) is 0 Å². The molecule has 1 aromatic heterocycles. The number of aromatic nitrogens is 3. The summed E-state index contributed by atoms with van der Waals surface area (Å²) in [6, 6.07) is 8.04. The van der Waals surface area contributed by atoms with Crippen LogP contribution in [-0.2, 0) is 0 Å². The molecule has 0 saturated heterocycles. The minimum absolute atomic E-state index is 0.240. The zero-order valence-electron chi connectivity index (χ0n) is 13.8. The maximum absolute atomic E-state index is 12.5. The lowest BCUT2D eigenvalue weighted by atomic mass is 9.80. The number of nitrogens with zero attached hydrogens (tertiary/aromatic N) is 3. The maximum atomic E-state index is 12.5. The number of nitrogens with one attached hydrogen (secondary N) is 1. The molecule has 126 valence electrons. The van der Waals surface area contributed by atoms with E-state index in [4.69, 9.17) is 0 Å². The summed E-state index contributed by atoms with van der Waals surface area (Å²) in [6.07, 6.45) is 4.63. The standard InChI is InChI=1S/C18H22N4O2/c1-12-3-7-14(8-4-12)22-16(13-5-6-13)15(20-21-22)17(23)19-11-18(24)9-2-10-18/h3-4,7-8,13,24H,2,5-6,9-11H2,1H3,(H,19,23). The zero-order chi connectivity index (χ0) is 16.7. The highest BCUT2D eigenvalue weighted by Crippen LogP contribution is 2.42. The summed E-state index contributed by atoms with van der Waals surface area (Å²) in [5, 5.41) is 21.3. The third-order valence-corrected chi connectivity index (χ3v) is 5.02. The zero-order valence-corrected chi connectivity index (χ0v) is 13.8. The molecule has 2 aliphatic carbocycles. The molecular weight excluding hydrogens is 304 g/mol. The van der Waals surface area contributed by atoms with E-state index in [2.05, 4.69) is 15.6 Å². The second-order valence-electron chi connectivity index (χ2n) is 7.11. The smallest absolute Gasteiger partial charge is 0.273 e. The Labute approximate surface area is 140 Å². The second-order valence-corrected chi connectivity index (χ2v) is 7.11. The number of rotatable bonds is 5. The van der Waals surface area contributed by atoms with E-state index in [1.807, 2.05) is 31.2 Å². The Morgan fingerprint density at radius 3 is 2.62 bits per heavy atom. The minimum atomic E-state index is -0.734. The van der Waals surface area contributed by atoms with E-state index in [9.17, 15) is 9.90 Å². The number of carbonyl (C=O) groups excluding carboxylic acids is 1. The molecule has 1 aromatic carbocycles. The Morgan fingerprint density at radius 2 is 2.04 bits per heavy atom. The SMILES string of the molecule is Cc1ccc(-n2nnc(C(=O)NCC3(O)CCC3)c2C2CC2)cc1. The number of carbonyl (C=O) groups is 1. The highest BCUT2D eigenvalue weighted by atomic mass is 16.3. The van der Waals surface area contributed by atoms with Gasteiger partial charge in [-0.2, -0.15) is 0 Å². The van der Waals surface area contributed by atoms with Crippen LogP contribution in [0.3, 0.4) is 0 Å². The number of amides is 1. The molecule has 2 N–H and O–H groups in total. The van der Waals surface area contributed by atoms with Crippen LogP contribution in [0.5, 0.6) is 0 Å². The predicted octanol–water partition coefficient (Wildman–Crippen LogP) is 2.10. The lowest BCUT2D eigenvalue weighted by molar-refractivity contribution is -0.0300. The molecule has 2 saturated carbocycles. The number of hydrogen-bond donors (Lipinski definition) is 2. The van der Waals surface area contributed by atoms with Gasteiger partial charge >= 0.3 is 0 Å². The fourth-order valence-corrected chi connectivity index (χ4v) is 3.14. The lowest BCUT2D eigenvalue weighted by Crippen LogP contribution is -2.48. The van der Waals surface area contributed by atoms with Gasteiger partial charge in [-0.1, -0.05) is 22.9 Å². The Morgan fingerprint density at radius 1 is 1.33 bits per heavy atom. The number of hydrogen-bond acceptors (Lipinski definition) is 4. The first-order valence-corrected chi connectivity index (χ1v) is 8.59. The quantitative estimate of drug-likeness (QED) is 0.882. The number of benzene rings is 1. The van der Waals surface area contributed by atoms with Gasteiger partial charge < -0.3 is 10.4 Å². The van der Waals surface area contributed by atoms with Crippen molar-refractivity contribution in [2.24, 2.45) is 0 Å². The molecule has 6 nitrogen and oxygen atoms in total. The molecule has 2 aliphatic rings. The van der Waals surface area contributed by atoms with Crippen molar-refractivity contribution >= 4 is 5.91 Å². The van der Waals surface area contributed by atoms with Gasteiger partial charge in [-0.15, -0.1) is 5.10 Å². The number of aliphatic hydroxyl groups is 1. The minimum Gasteiger partial charge on any atom is -0.388 e. The van der Waals surface area contributed by atoms with Gasteiger partial charge in [0.25, 0.3) is 5.91 Å². The average molecular weight is 326 g/mol. The van der Waals surface area contributed by atoms with E-state index in [1.54, 1.807) is 4.68 Å². The third-order valence-electron chi connectivity index (χ3n) is 5.02. The van der Waals surface area contributed by atoms with Crippen molar-refractivity contribution in [3.8, 4) is 5.69 Å². The highest BCUT2D eigenvalue weighted by molar-refractivity contribution is 5.93. The first-order valence-electron chi connectivity index (χ1n) is 8.59. The Hall–Kier alpha value is -2.21. The summed E-state index contributed by atoms with van der Waals surface area (Å²) in [4.78, 5) is 12.5. The van der Waals surface area contributed by atoms with Crippen LogP contribution < -0.4 is 5.32 Å². The summed E-state index contributed by atoms with van der Waals surface area (Å²) in [5.41, 5.74) is 2.64. The van der Waals surface area contributed by atoms with Crippen LogP contribution in [0.15, 0.2) is 24.3 Å². The largest absolute Gasteiger partial charge is 0.388 e. The first-order chi connectivity index (χ1) is 11.6. The van der Waals surface area contributed by atoms with Gasteiger partial charge in [-0.3, -0.25) is 4.79 Å². The molecule has 0 spiro atoms. The van der Waals surface area contributed by atoms with E-state index < -0.39 is 5.60 Å². The van der Waals surface area contributed by atoms with Crippen molar-refractivity contribution in [1.29, 1.82) is 0 Å². The Bertz CT molecular complexity index is 758. The van der Waals surface area contributed by atoms with E-state index >= 15 is 0 Å². The molecule has 0 unspecified atom stereocenters. The molecule has 4 rings (SSSR count). The summed E-state index contributed by atoms with van der Waals surface area (Å²) < 4.78 is 1.78. The maximum Gasteiger partial charge on any atom is 0.273 e. The highest BCUT2D eigenvalue weighted by Gasteiger charge is 2.37. The van der Waals surface area contributed by atoms with E-state index in [0.717, 1.165) is 43.5 Å². The molecular formula is C18H22N4O2. The van der Waals surface area contributed by atoms with Gasteiger partial charge in [0.15, 0.2) is 5.69 Å². The van der Waals surface area contributed by atoms with Crippen LogP contribution in [0, 0.1) is 6.92 Å². The van der Waals surface area contributed by atoms with E-state index in [1.165, 1.54) is 5.56 Å². The molecule has 0 radical (unpaired) electrons. The van der Waals surface area contributed by atoms with Gasteiger partial charge in [-0.25, -0.2) is 4.68 Å². The molecule has 24 heavy (non-hydrogen) atoms. The van der Waals surface area contributed by atoms with Gasteiger partial charge in [0.05, 0.1) is 17.0 Å². The third kappa shape index (κ3) is 2.82. The van der Waals surface area contributed by atoms with Crippen LogP contribution in [0.25, 0.3) is 5.69 Å². The van der Waals surface area contributed by atoms with E-state index in [-0.39, 0.29) is 12.5 Å². The summed E-state index contributed by atoms with van der Waals surface area (Å²) in [5.74, 6) is 0.101. The normalized spacial score (nSPS) is 18.9. The second kappa shape index (κ2) is 5.70. The monoisotopic (exact) mass is 326 g/mol. The molecule has 0 aliphatic heterocycles. The van der Waals surface area contributed by atoms with Crippen LogP contribution in [-0.4, -0.2) is 38.2 Å². The van der Waals surface area contributed by atoms with E-state index in [0.29, 0.717) is 11.6 Å². The molecule has 2 aromatic rings.